The van der Waals surface area contributed by atoms with Crippen molar-refractivity contribution in [3.05, 3.63) is 23.1 Å². The van der Waals surface area contributed by atoms with Gasteiger partial charge in [0.15, 0.2) is 0 Å². The third-order valence-corrected chi connectivity index (χ3v) is 11.3. The minimum atomic E-state index is -3.85. The van der Waals surface area contributed by atoms with Gasteiger partial charge in [0.2, 0.25) is 17.2 Å². The van der Waals surface area contributed by atoms with Crippen LogP contribution in [0.3, 0.4) is 0 Å². The minimum absolute atomic E-state index is 0.0325. The lowest BCUT2D eigenvalue weighted by atomic mass is 9.77. The number of amides is 1. The van der Waals surface area contributed by atoms with Gasteiger partial charge in [0.25, 0.3) is 10.0 Å². The molecular formula is C27H36N4O9S2. The zero-order valence-corrected chi connectivity index (χ0v) is 25.8. The van der Waals surface area contributed by atoms with Crippen molar-refractivity contribution < 1.29 is 42.1 Å². The average Bonchev–Trinajstić information content (AvgIpc) is 3.57. The molecule has 1 saturated heterocycles. The first-order chi connectivity index (χ1) is 19.8. The molecule has 0 aromatic carbocycles. The number of hydrogen-bond donors (Lipinski definition) is 1. The number of nitrogens with zero attached hydrogens (tertiary/aromatic N) is 4. The topological polar surface area (TPSA) is 157 Å². The lowest BCUT2D eigenvalue weighted by Crippen LogP contribution is -2.63. The number of rotatable bonds is 9. The molecule has 5 atom stereocenters. The molecule has 2 aliphatic heterocycles. The quantitative estimate of drug-likeness (QED) is 0.250. The fourth-order valence-corrected chi connectivity index (χ4v) is 8.48. The second kappa shape index (κ2) is 11.6. The van der Waals surface area contributed by atoms with Gasteiger partial charge in [-0.1, -0.05) is 26.2 Å². The van der Waals surface area contributed by atoms with Crippen LogP contribution in [0, 0.1) is 17.8 Å². The van der Waals surface area contributed by atoms with E-state index in [2.05, 4.69) is 4.98 Å². The van der Waals surface area contributed by atoms with Gasteiger partial charge >= 0.3 is 12.1 Å². The van der Waals surface area contributed by atoms with Gasteiger partial charge in [-0.25, -0.2) is 27.3 Å². The Morgan fingerprint density at radius 2 is 1.88 bits per heavy atom. The number of β-lactam (4-membered cyclic amide) rings is 1. The van der Waals surface area contributed by atoms with Crippen molar-refractivity contribution in [1.82, 2.24) is 18.6 Å². The smallest absolute Gasteiger partial charge is 0.434 e. The van der Waals surface area contributed by atoms with Crippen molar-refractivity contribution in [3.8, 4) is 0 Å². The normalized spacial score (nSPS) is 24.5. The molecule has 230 valence electrons. The second-order valence-corrected chi connectivity index (χ2v) is 14.4. The number of carbonyl (C=O) groups is 3. The van der Waals surface area contributed by atoms with Crippen LogP contribution in [0.4, 0.5) is 4.79 Å². The summed E-state index contributed by atoms with van der Waals surface area (Å²) in [7, 11) is -1.03. The van der Waals surface area contributed by atoms with Crippen LogP contribution in [-0.2, 0) is 33.8 Å². The summed E-state index contributed by atoms with van der Waals surface area (Å²) in [6.45, 7) is 4.98. The van der Waals surface area contributed by atoms with E-state index in [1.165, 1.54) is 45.6 Å². The second-order valence-electron chi connectivity index (χ2n) is 11.3. The van der Waals surface area contributed by atoms with E-state index in [0.717, 1.165) is 41.3 Å². The summed E-state index contributed by atoms with van der Waals surface area (Å²) in [6.07, 6.45) is 5.18. The summed E-state index contributed by atoms with van der Waals surface area (Å²) in [5.74, 6) is -2.15. The summed E-state index contributed by atoms with van der Waals surface area (Å²) in [6, 6.07) is -0.503. The molecule has 5 rings (SSSR count). The molecule has 1 amide bonds. The standard InChI is InChI=1S/C27H36N4O9S2/c1-14-19(18-11-30-13-28-23(25(30)41-18)42(36,37)29(4)5)22(31-21(14)20(15(2)32)24(31)33)26(34)39-16(3)40-27(35)38-12-17-9-7-6-8-10-17/h11,13-17,20-21,32H,6-10,12H2,1-5H3/t14-,15+,16?,20+,21+/m0/s1. The Bertz CT molecular complexity index is 1520. The Labute approximate surface area is 248 Å². The van der Waals surface area contributed by atoms with Crippen LogP contribution in [0.1, 0.15) is 57.8 Å². The first kappa shape index (κ1) is 30.4. The molecule has 13 nitrogen and oxygen atoms in total. The molecular weight excluding hydrogens is 588 g/mol. The highest BCUT2D eigenvalue weighted by Crippen LogP contribution is 2.52. The Balaban J connectivity index is 1.41. The van der Waals surface area contributed by atoms with Gasteiger partial charge in [0.1, 0.15) is 16.9 Å². The predicted octanol–water partition coefficient (Wildman–Crippen LogP) is 2.84. The van der Waals surface area contributed by atoms with Crippen LogP contribution in [0.2, 0.25) is 0 Å². The maximum absolute atomic E-state index is 13.6. The maximum Gasteiger partial charge on any atom is 0.511 e. The van der Waals surface area contributed by atoms with E-state index in [-0.39, 0.29) is 23.2 Å². The van der Waals surface area contributed by atoms with E-state index < -0.39 is 58.3 Å². The zero-order valence-electron chi connectivity index (χ0n) is 24.2. The van der Waals surface area contributed by atoms with Crippen molar-refractivity contribution in [1.29, 1.82) is 0 Å². The summed E-state index contributed by atoms with van der Waals surface area (Å²) in [5.41, 5.74) is 0.436. The number of ether oxygens (including phenoxy) is 3. The maximum atomic E-state index is 13.6. The summed E-state index contributed by atoms with van der Waals surface area (Å²) < 4.78 is 44.2. The van der Waals surface area contributed by atoms with Crippen LogP contribution in [0.25, 0.3) is 10.4 Å². The predicted molar refractivity (Wildman–Crippen MR) is 150 cm³/mol. The number of hydrogen-bond acceptors (Lipinski definition) is 11. The van der Waals surface area contributed by atoms with Gasteiger partial charge in [-0.3, -0.25) is 9.20 Å². The number of aliphatic hydroxyl groups excluding tert-OH is 1. The molecule has 1 saturated carbocycles. The van der Waals surface area contributed by atoms with Crippen molar-refractivity contribution in [2.24, 2.45) is 17.8 Å². The van der Waals surface area contributed by atoms with E-state index in [0.29, 0.717) is 15.3 Å². The Morgan fingerprint density at radius 1 is 1.19 bits per heavy atom. The number of thiazole rings is 1. The number of sulfonamides is 1. The zero-order chi connectivity index (χ0) is 30.5. The number of esters is 1. The monoisotopic (exact) mass is 624 g/mol. The molecule has 4 heterocycles. The SMILES string of the molecule is CC(OC(=O)OCC1CCCCC1)OC(=O)C1=C(c2cn3cnc(S(=O)(=O)N(C)C)c3s2)[C@H](C)[C@@H]2[C@@H]([C@@H](C)O)C(=O)N12. The summed E-state index contributed by atoms with van der Waals surface area (Å²) in [4.78, 5) is 45.2. The van der Waals surface area contributed by atoms with Gasteiger partial charge < -0.3 is 24.2 Å². The number of imidazole rings is 1. The van der Waals surface area contributed by atoms with E-state index >= 15 is 0 Å². The first-order valence-corrected chi connectivity index (χ1v) is 16.3. The van der Waals surface area contributed by atoms with Gasteiger partial charge in [0, 0.05) is 38.7 Å². The number of carbonyl (C=O) groups excluding carboxylic acids is 3. The highest BCUT2D eigenvalue weighted by molar-refractivity contribution is 7.89. The van der Waals surface area contributed by atoms with Gasteiger partial charge in [0.05, 0.1) is 29.5 Å². The number of aromatic nitrogens is 2. The lowest BCUT2D eigenvalue weighted by Gasteiger charge is -2.46. The molecule has 1 unspecified atom stereocenters. The third-order valence-electron chi connectivity index (χ3n) is 8.23. The molecule has 1 N–H and O–H groups in total. The Hall–Kier alpha value is -3.01. The minimum Gasteiger partial charge on any atom is -0.434 e. The number of fused-ring (bicyclic) bond motifs is 2. The fourth-order valence-electron chi connectivity index (χ4n) is 6.08. The lowest BCUT2D eigenvalue weighted by molar-refractivity contribution is -0.173. The van der Waals surface area contributed by atoms with Gasteiger partial charge in [-0.2, -0.15) is 0 Å². The van der Waals surface area contributed by atoms with Gasteiger partial charge in [-0.15, -0.1) is 11.3 Å². The van der Waals surface area contributed by atoms with E-state index in [9.17, 15) is 27.9 Å². The molecule has 15 heteroatoms. The number of aliphatic hydroxyl groups is 1. The summed E-state index contributed by atoms with van der Waals surface area (Å²) in [5, 5.41) is 10.2. The Kier molecular flexibility index (Phi) is 8.40. The van der Waals surface area contributed by atoms with Crippen LogP contribution in [-0.4, -0.2) is 89.3 Å². The molecule has 3 aliphatic rings. The van der Waals surface area contributed by atoms with Crippen LogP contribution >= 0.6 is 11.3 Å². The van der Waals surface area contributed by atoms with Crippen molar-refractivity contribution in [2.75, 3.05) is 20.7 Å². The average molecular weight is 625 g/mol. The van der Waals surface area contributed by atoms with Crippen LogP contribution in [0.5, 0.6) is 0 Å². The fraction of sp³-hybridized carbons (Fsp3) is 0.630. The molecule has 1 aliphatic carbocycles. The molecule has 2 aromatic heterocycles. The van der Waals surface area contributed by atoms with Crippen LogP contribution < -0.4 is 0 Å². The molecule has 0 bridgehead atoms. The van der Waals surface area contributed by atoms with Crippen molar-refractivity contribution in [2.45, 2.75) is 76.3 Å². The molecule has 0 spiro atoms. The highest BCUT2D eigenvalue weighted by Gasteiger charge is 2.60. The van der Waals surface area contributed by atoms with Crippen LogP contribution in [0.15, 0.2) is 23.2 Å². The van der Waals surface area contributed by atoms with Crippen molar-refractivity contribution in [3.63, 3.8) is 0 Å². The molecule has 42 heavy (non-hydrogen) atoms. The molecule has 2 aromatic rings. The van der Waals surface area contributed by atoms with E-state index in [1.54, 1.807) is 10.6 Å². The highest BCUT2D eigenvalue weighted by atomic mass is 32.2. The van der Waals surface area contributed by atoms with E-state index in [4.69, 9.17) is 14.2 Å². The van der Waals surface area contributed by atoms with Crippen molar-refractivity contribution >= 4 is 49.8 Å². The van der Waals surface area contributed by atoms with E-state index in [1.807, 2.05) is 6.92 Å². The molecule has 0 radical (unpaired) electrons. The third kappa shape index (κ3) is 5.31. The Morgan fingerprint density at radius 3 is 2.52 bits per heavy atom. The molecule has 2 fully saturated rings. The summed E-state index contributed by atoms with van der Waals surface area (Å²) >= 11 is 1.11. The van der Waals surface area contributed by atoms with Gasteiger partial charge in [-0.05, 0) is 25.7 Å². The first-order valence-electron chi connectivity index (χ1n) is 14.0. The largest absolute Gasteiger partial charge is 0.511 e.